The Labute approximate surface area is 153 Å². The molecule has 0 bridgehead atoms. The Balaban J connectivity index is 2.00. The van der Waals surface area contributed by atoms with Crippen LogP contribution in [0.3, 0.4) is 0 Å². The van der Waals surface area contributed by atoms with Crippen molar-refractivity contribution in [2.24, 2.45) is 0 Å². The Morgan fingerprint density at radius 3 is 2.62 bits per heavy atom. The van der Waals surface area contributed by atoms with Gasteiger partial charge in [-0.2, -0.15) is 8.78 Å². The van der Waals surface area contributed by atoms with E-state index in [4.69, 9.17) is 9.47 Å². The third kappa shape index (κ3) is 5.45. The summed E-state index contributed by atoms with van der Waals surface area (Å²) < 4.78 is 35.2. The molecule has 0 unspecified atom stereocenters. The smallest absolute Gasteiger partial charge is 0.339 e. The average molecular weight is 381 g/mol. The summed E-state index contributed by atoms with van der Waals surface area (Å²) in [6.45, 7) is 1.30. The fourth-order valence-corrected chi connectivity index (χ4v) is 2.78. The summed E-state index contributed by atoms with van der Waals surface area (Å²) in [5.41, 5.74) is 1.34. The van der Waals surface area contributed by atoms with Crippen LogP contribution >= 0.6 is 11.8 Å². The first-order valence-corrected chi connectivity index (χ1v) is 8.44. The number of nitrogens with one attached hydrogen (secondary N) is 1. The molecule has 0 aliphatic rings. The van der Waals surface area contributed by atoms with Crippen molar-refractivity contribution in [3.05, 3.63) is 53.6 Å². The second-order valence-electron chi connectivity index (χ2n) is 5.20. The molecule has 26 heavy (non-hydrogen) atoms. The Hall–Kier alpha value is -2.61. The molecule has 1 N–H and O–H groups in total. The lowest BCUT2D eigenvalue weighted by Gasteiger charge is -2.12. The predicted molar refractivity (Wildman–Crippen MR) is 94.9 cm³/mol. The topological polar surface area (TPSA) is 64.6 Å². The number of halogens is 2. The lowest BCUT2D eigenvalue weighted by Crippen LogP contribution is -2.21. The van der Waals surface area contributed by atoms with Crippen LogP contribution in [0.4, 0.5) is 14.5 Å². The van der Waals surface area contributed by atoms with Crippen LogP contribution in [0.15, 0.2) is 47.4 Å². The summed E-state index contributed by atoms with van der Waals surface area (Å²) in [6.07, 6.45) is 0. The fraction of sp³-hybridized carbons (Fsp3) is 0.222. The number of benzene rings is 2. The van der Waals surface area contributed by atoms with Gasteiger partial charge in [0.15, 0.2) is 6.61 Å². The van der Waals surface area contributed by atoms with E-state index in [0.717, 1.165) is 5.56 Å². The Morgan fingerprint density at radius 2 is 1.92 bits per heavy atom. The number of aryl methyl sites for hydroxylation is 1. The molecule has 5 nitrogen and oxygen atoms in total. The first kappa shape index (κ1) is 19.7. The molecule has 2 aromatic carbocycles. The molecule has 2 rings (SSSR count). The van der Waals surface area contributed by atoms with Crippen LogP contribution in [0.25, 0.3) is 0 Å². The summed E-state index contributed by atoms with van der Waals surface area (Å²) in [6, 6.07) is 11.1. The molecule has 0 saturated heterocycles. The van der Waals surface area contributed by atoms with Crippen molar-refractivity contribution in [1.82, 2.24) is 0 Å². The first-order valence-electron chi connectivity index (χ1n) is 7.56. The molecule has 1 amide bonds. The van der Waals surface area contributed by atoms with E-state index in [9.17, 15) is 18.4 Å². The standard InChI is InChI=1S/C18H17F2NO4S/c1-11-7-8-14(24-2)13(9-11)21-16(22)10-25-17(23)12-5-3-4-6-15(12)26-18(19)20/h3-9,18H,10H2,1-2H3,(H,21,22). The molecule has 0 aliphatic heterocycles. The van der Waals surface area contributed by atoms with Gasteiger partial charge in [-0.25, -0.2) is 4.79 Å². The maximum absolute atomic E-state index is 12.6. The van der Waals surface area contributed by atoms with E-state index in [0.29, 0.717) is 11.4 Å². The van der Waals surface area contributed by atoms with Crippen molar-refractivity contribution in [2.75, 3.05) is 19.0 Å². The van der Waals surface area contributed by atoms with Gasteiger partial charge in [-0.1, -0.05) is 30.0 Å². The quantitative estimate of drug-likeness (QED) is 0.578. The van der Waals surface area contributed by atoms with Gasteiger partial charge in [0, 0.05) is 4.90 Å². The molecule has 0 aliphatic carbocycles. The highest BCUT2D eigenvalue weighted by Gasteiger charge is 2.17. The van der Waals surface area contributed by atoms with Gasteiger partial charge in [0.1, 0.15) is 5.75 Å². The van der Waals surface area contributed by atoms with Crippen LogP contribution in [0.5, 0.6) is 5.75 Å². The highest BCUT2D eigenvalue weighted by Crippen LogP contribution is 2.29. The molecular formula is C18H17F2NO4S. The molecule has 138 valence electrons. The molecule has 0 fully saturated rings. The average Bonchev–Trinajstić information content (AvgIpc) is 2.60. The number of anilines is 1. The Bertz CT molecular complexity index is 799. The second-order valence-corrected chi connectivity index (χ2v) is 6.23. The highest BCUT2D eigenvalue weighted by molar-refractivity contribution is 7.99. The van der Waals surface area contributed by atoms with Gasteiger partial charge in [-0.3, -0.25) is 4.79 Å². The number of carbonyl (C=O) groups is 2. The molecular weight excluding hydrogens is 364 g/mol. The van der Waals surface area contributed by atoms with Gasteiger partial charge in [0.05, 0.1) is 18.4 Å². The van der Waals surface area contributed by atoms with Gasteiger partial charge >= 0.3 is 5.97 Å². The number of hydrogen-bond acceptors (Lipinski definition) is 5. The fourth-order valence-electron chi connectivity index (χ4n) is 2.15. The maximum atomic E-state index is 12.6. The van der Waals surface area contributed by atoms with Crippen molar-refractivity contribution in [1.29, 1.82) is 0 Å². The number of rotatable bonds is 7. The minimum Gasteiger partial charge on any atom is -0.495 e. The summed E-state index contributed by atoms with van der Waals surface area (Å²) in [4.78, 5) is 24.2. The number of thioether (sulfide) groups is 1. The molecule has 0 heterocycles. The zero-order valence-corrected chi connectivity index (χ0v) is 14.9. The van der Waals surface area contributed by atoms with Crippen LogP contribution in [-0.2, 0) is 9.53 Å². The van der Waals surface area contributed by atoms with E-state index in [1.165, 1.54) is 31.4 Å². The maximum Gasteiger partial charge on any atom is 0.339 e. The summed E-state index contributed by atoms with van der Waals surface area (Å²) in [5.74, 6) is -3.61. The second kappa shape index (κ2) is 9.19. The van der Waals surface area contributed by atoms with Gasteiger partial charge < -0.3 is 14.8 Å². The Morgan fingerprint density at radius 1 is 1.19 bits per heavy atom. The molecule has 0 spiro atoms. The monoisotopic (exact) mass is 381 g/mol. The molecule has 0 atom stereocenters. The van der Waals surface area contributed by atoms with E-state index in [1.54, 1.807) is 12.1 Å². The number of methoxy groups -OCH3 is 1. The van der Waals surface area contributed by atoms with Crippen molar-refractivity contribution >= 4 is 29.3 Å². The minimum atomic E-state index is -2.67. The van der Waals surface area contributed by atoms with Crippen LogP contribution < -0.4 is 10.1 Å². The minimum absolute atomic E-state index is 0.0151. The van der Waals surface area contributed by atoms with Crippen molar-refractivity contribution in [3.8, 4) is 5.75 Å². The Kier molecular flexibility index (Phi) is 6.97. The van der Waals surface area contributed by atoms with Gasteiger partial charge in [-0.05, 0) is 36.8 Å². The van der Waals surface area contributed by atoms with Gasteiger partial charge in [0.25, 0.3) is 11.7 Å². The number of ether oxygens (including phenoxy) is 2. The third-order valence-electron chi connectivity index (χ3n) is 3.29. The van der Waals surface area contributed by atoms with E-state index < -0.39 is 24.2 Å². The van der Waals surface area contributed by atoms with Crippen LogP contribution in [0.1, 0.15) is 15.9 Å². The molecule has 0 saturated carbocycles. The number of hydrogen-bond donors (Lipinski definition) is 1. The van der Waals surface area contributed by atoms with Gasteiger partial charge in [-0.15, -0.1) is 0 Å². The lowest BCUT2D eigenvalue weighted by molar-refractivity contribution is -0.119. The lowest BCUT2D eigenvalue weighted by atomic mass is 10.2. The SMILES string of the molecule is COc1ccc(C)cc1NC(=O)COC(=O)c1ccccc1SC(F)F. The molecule has 0 radical (unpaired) electrons. The summed E-state index contributed by atoms with van der Waals surface area (Å²) in [5, 5.41) is 2.59. The van der Waals surface area contributed by atoms with Crippen molar-refractivity contribution in [2.45, 2.75) is 17.6 Å². The zero-order chi connectivity index (χ0) is 19.1. The molecule has 8 heteroatoms. The number of amides is 1. The highest BCUT2D eigenvalue weighted by atomic mass is 32.2. The van der Waals surface area contributed by atoms with Crippen LogP contribution in [-0.4, -0.2) is 31.4 Å². The van der Waals surface area contributed by atoms with Crippen molar-refractivity contribution in [3.63, 3.8) is 0 Å². The number of carbonyl (C=O) groups excluding carboxylic acids is 2. The number of alkyl halides is 2. The van der Waals surface area contributed by atoms with Crippen LogP contribution in [0.2, 0.25) is 0 Å². The summed E-state index contributed by atoms with van der Waals surface area (Å²) >= 11 is 0.246. The largest absolute Gasteiger partial charge is 0.495 e. The first-order chi connectivity index (χ1) is 12.4. The third-order valence-corrected chi connectivity index (χ3v) is 4.07. The number of esters is 1. The van der Waals surface area contributed by atoms with Crippen molar-refractivity contribution < 1.29 is 27.8 Å². The normalized spacial score (nSPS) is 10.5. The molecule has 2 aromatic rings. The molecule has 0 aromatic heterocycles. The predicted octanol–water partition coefficient (Wildman–Crippen LogP) is 4.11. The van der Waals surface area contributed by atoms with Gasteiger partial charge in [0.2, 0.25) is 0 Å². The zero-order valence-electron chi connectivity index (χ0n) is 14.1. The van der Waals surface area contributed by atoms with E-state index in [2.05, 4.69) is 5.32 Å². The summed E-state index contributed by atoms with van der Waals surface area (Å²) in [7, 11) is 1.47. The van der Waals surface area contributed by atoms with E-state index in [1.807, 2.05) is 13.0 Å². The van der Waals surface area contributed by atoms with E-state index in [-0.39, 0.29) is 22.2 Å². The van der Waals surface area contributed by atoms with E-state index >= 15 is 0 Å². The van der Waals surface area contributed by atoms with Crippen LogP contribution in [0, 0.1) is 6.92 Å².